The number of hydrogen-bond donors (Lipinski definition) is 1. The van der Waals surface area contributed by atoms with E-state index in [9.17, 15) is 14.4 Å². The topological polar surface area (TPSA) is 113 Å². The fourth-order valence-electron chi connectivity index (χ4n) is 4.34. The second-order valence-electron chi connectivity index (χ2n) is 8.28. The minimum atomic E-state index is -0.981. The lowest BCUT2D eigenvalue weighted by atomic mass is 9.95. The number of hydrogen-bond acceptors (Lipinski definition) is 8. The summed E-state index contributed by atoms with van der Waals surface area (Å²) in [4.78, 5) is 38.4. The number of aromatic nitrogens is 1. The Morgan fingerprint density at radius 3 is 2.26 bits per heavy atom. The van der Waals surface area contributed by atoms with Gasteiger partial charge in [0.05, 0.1) is 7.11 Å². The Morgan fingerprint density at radius 1 is 0.886 bits per heavy atom. The first-order valence-electron chi connectivity index (χ1n) is 11.2. The molecule has 1 aliphatic rings. The van der Waals surface area contributed by atoms with Gasteiger partial charge in [0.15, 0.2) is 12.2 Å². The van der Waals surface area contributed by atoms with E-state index in [1.165, 1.54) is 27.9 Å². The molecule has 35 heavy (non-hydrogen) atoms. The molecule has 3 aromatic rings. The number of aromatic amines is 1. The van der Waals surface area contributed by atoms with Crippen LogP contribution in [0.4, 0.5) is 0 Å². The van der Waals surface area contributed by atoms with Crippen molar-refractivity contribution in [2.75, 3.05) is 13.7 Å². The number of methoxy groups -OCH3 is 1. The van der Waals surface area contributed by atoms with Crippen molar-refractivity contribution in [3.63, 3.8) is 0 Å². The molecule has 184 valence electrons. The number of fused-ring (bicyclic) bond motifs is 1. The number of benzene rings is 2. The molecule has 0 saturated carbocycles. The van der Waals surface area contributed by atoms with Crippen molar-refractivity contribution in [1.82, 2.24) is 4.98 Å². The third kappa shape index (κ3) is 5.30. The Bertz CT molecular complexity index is 1250. The molecule has 4 rings (SSSR count). The van der Waals surface area contributed by atoms with E-state index in [0.29, 0.717) is 11.3 Å². The third-order valence-electron chi connectivity index (χ3n) is 5.79. The fraction of sp³-hybridized carbons (Fsp3) is 0.346. The van der Waals surface area contributed by atoms with Crippen LogP contribution in [0.25, 0.3) is 22.0 Å². The summed E-state index contributed by atoms with van der Waals surface area (Å²) < 4.78 is 28.0. The van der Waals surface area contributed by atoms with E-state index < -0.39 is 42.3 Å². The van der Waals surface area contributed by atoms with E-state index >= 15 is 0 Å². The van der Waals surface area contributed by atoms with Crippen LogP contribution in [-0.2, 0) is 33.3 Å². The van der Waals surface area contributed by atoms with Crippen LogP contribution in [0.15, 0.2) is 48.7 Å². The van der Waals surface area contributed by atoms with Crippen LogP contribution in [0.1, 0.15) is 32.4 Å². The van der Waals surface area contributed by atoms with Crippen LogP contribution >= 0.6 is 0 Å². The average molecular weight is 482 g/mol. The average Bonchev–Trinajstić information content (AvgIpc) is 3.41. The molecule has 9 nitrogen and oxygen atoms in total. The summed E-state index contributed by atoms with van der Waals surface area (Å²) >= 11 is 0. The van der Waals surface area contributed by atoms with E-state index in [-0.39, 0.29) is 6.61 Å². The highest BCUT2D eigenvalue weighted by Gasteiger charge is 2.51. The third-order valence-corrected chi connectivity index (χ3v) is 5.79. The molecular weight excluding hydrogens is 454 g/mol. The summed E-state index contributed by atoms with van der Waals surface area (Å²) in [6.07, 6.45) is -1.77. The molecule has 4 atom stereocenters. The Balaban J connectivity index is 1.76. The molecule has 1 aromatic heterocycles. The standard InChI is InChI=1S/C26H27NO8/c1-14(28)32-13-23-25(33-15(2)29)26(34-16(3)30)24(35-23)20-12-18(6-8-22(20)31-4)17-5-7-21-19(11-17)9-10-27-21/h5-12,23-27H,13H2,1-4H3/t23-,24+,25-,26+/m1/s1. The maximum absolute atomic E-state index is 12.0. The first kappa shape index (κ1) is 24.3. The number of esters is 3. The van der Waals surface area contributed by atoms with Crippen LogP contribution in [0, 0.1) is 0 Å². The number of ether oxygens (including phenoxy) is 5. The molecule has 0 spiro atoms. The summed E-state index contributed by atoms with van der Waals surface area (Å²) in [7, 11) is 1.53. The summed E-state index contributed by atoms with van der Waals surface area (Å²) in [6.45, 7) is 3.61. The normalized spacial score (nSPS) is 21.5. The molecule has 1 N–H and O–H groups in total. The minimum absolute atomic E-state index is 0.173. The highest BCUT2D eigenvalue weighted by atomic mass is 16.6. The van der Waals surface area contributed by atoms with Gasteiger partial charge in [-0.25, -0.2) is 0 Å². The van der Waals surface area contributed by atoms with Gasteiger partial charge in [0, 0.05) is 38.0 Å². The van der Waals surface area contributed by atoms with Gasteiger partial charge in [-0.2, -0.15) is 0 Å². The van der Waals surface area contributed by atoms with Crippen molar-refractivity contribution < 1.29 is 38.1 Å². The van der Waals surface area contributed by atoms with Crippen molar-refractivity contribution >= 4 is 28.8 Å². The van der Waals surface area contributed by atoms with Crippen LogP contribution < -0.4 is 4.74 Å². The Hall–Kier alpha value is -3.85. The van der Waals surface area contributed by atoms with E-state index in [2.05, 4.69) is 11.1 Å². The summed E-state index contributed by atoms with van der Waals surface area (Å²) in [6, 6.07) is 13.7. The van der Waals surface area contributed by atoms with Gasteiger partial charge in [-0.3, -0.25) is 14.4 Å². The van der Waals surface area contributed by atoms with Crippen molar-refractivity contribution in [3.8, 4) is 16.9 Å². The first-order chi connectivity index (χ1) is 16.8. The van der Waals surface area contributed by atoms with E-state index in [1.807, 2.05) is 36.5 Å². The molecular formula is C26H27NO8. The smallest absolute Gasteiger partial charge is 0.303 e. The van der Waals surface area contributed by atoms with Gasteiger partial charge in [0.1, 0.15) is 24.6 Å². The van der Waals surface area contributed by atoms with Gasteiger partial charge in [0.25, 0.3) is 0 Å². The second-order valence-corrected chi connectivity index (χ2v) is 8.28. The fourth-order valence-corrected chi connectivity index (χ4v) is 4.34. The van der Waals surface area contributed by atoms with Gasteiger partial charge < -0.3 is 28.7 Å². The number of carbonyl (C=O) groups excluding carboxylic acids is 3. The van der Waals surface area contributed by atoms with E-state index in [4.69, 9.17) is 23.7 Å². The Morgan fingerprint density at radius 2 is 1.57 bits per heavy atom. The predicted octanol–water partition coefficient (Wildman–Crippen LogP) is 3.71. The van der Waals surface area contributed by atoms with Gasteiger partial charge >= 0.3 is 17.9 Å². The van der Waals surface area contributed by atoms with Gasteiger partial charge in [-0.15, -0.1) is 0 Å². The zero-order valence-corrected chi connectivity index (χ0v) is 19.9. The van der Waals surface area contributed by atoms with Gasteiger partial charge in [-0.05, 0) is 46.8 Å². The van der Waals surface area contributed by atoms with Crippen molar-refractivity contribution in [2.45, 2.75) is 45.2 Å². The molecule has 1 saturated heterocycles. The number of carbonyl (C=O) groups is 3. The predicted molar refractivity (Wildman–Crippen MR) is 126 cm³/mol. The molecule has 0 unspecified atom stereocenters. The highest BCUT2D eigenvalue weighted by molar-refractivity contribution is 5.85. The lowest BCUT2D eigenvalue weighted by molar-refractivity contribution is -0.165. The minimum Gasteiger partial charge on any atom is -0.496 e. The van der Waals surface area contributed by atoms with Crippen molar-refractivity contribution in [2.24, 2.45) is 0 Å². The molecule has 2 aromatic carbocycles. The van der Waals surface area contributed by atoms with Crippen LogP contribution in [0.5, 0.6) is 5.75 Å². The molecule has 0 bridgehead atoms. The molecule has 1 fully saturated rings. The van der Waals surface area contributed by atoms with Crippen molar-refractivity contribution in [1.29, 1.82) is 0 Å². The lowest BCUT2D eigenvalue weighted by Crippen LogP contribution is -2.40. The van der Waals surface area contributed by atoms with Crippen LogP contribution in [0.3, 0.4) is 0 Å². The number of H-pyrrole nitrogens is 1. The van der Waals surface area contributed by atoms with Crippen LogP contribution in [-0.4, -0.2) is 54.9 Å². The number of nitrogens with one attached hydrogen (secondary N) is 1. The first-order valence-corrected chi connectivity index (χ1v) is 11.2. The van der Waals surface area contributed by atoms with Gasteiger partial charge in [-0.1, -0.05) is 12.1 Å². The van der Waals surface area contributed by atoms with Crippen molar-refractivity contribution in [3.05, 3.63) is 54.2 Å². The molecule has 1 aliphatic heterocycles. The summed E-state index contributed by atoms with van der Waals surface area (Å²) in [5.74, 6) is -1.15. The Labute approximate surface area is 202 Å². The molecule has 0 aliphatic carbocycles. The highest BCUT2D eigenvalue weighted by Crippen LogP contribution is 2.42. The zero-order chi connectivity index (χ0) is 25.1. The molecule has 2 heterocycles. The SMILES string of the molecule is COc1ccc(-c2ccc3[nH]ccc3c2)cc1[C@@H]1O[C@H](COC(C)=O)[C@@H](OC(C)=O)[C@H]1OC(C)=O. The number of rotatable bonds is 7. The molecule has 0 radical (unpaired) electrons. The molecule has 9 heteroatoms. The van der Waals surface area contributed by atoms with E-state index in [1.54, 1.807) is 6.07 Å². The maximum atomic E-state index is 12.0. The molecule has 0 amide bonds. The summed E-state index contributed by atoms with van der Waals surface area (Å²) in [5.41, 5.74) is 3.49. The largest absolute Gasteiger partial charge is 0.496 e. The van der Waals surface area contributed by atoms with E-state index in [0.717, 1.165) is 22.0 Å². The lowest BCUT2D eigenvalue weighted by Gasteiger charge is -2.24. The van der Waals surface area contributed by atoms with Gasteiger partial charge in [0.2, 0.25) is 0 Å². The maximum Gasteiger partial charge on any atom is 0.303 e. The monoisotopic (exact) mass is 481 g/mol. The Kier molecular flexibility index (Phi) is 7.07. The zero-order valence-electron chi connectivity index (χ0n) is 19.9. The van der Waals surface area contributed by atoms with Crippen LogP contribution in [0.2, 0.25) is 0 Å². The second kappa shape index (κ2) is 10.2. The quantitative estimate of drug-likeness (QED) is 0.401. The summed E-state index contributed by atoms with van der Waals surface area (Å²) in [5, 5.41) is 1.06.